The minimum atomic E-state index is -0.225. The predicted molar refractivity (Wildman–Crippen MR) is 137 cm³/mol. The van der Waals surface area contributed by atoms with Gasteiger partial charge in [-0.2, -0.15) is 0 Å². The van der Waals surface area contributed by atoms with Crippen LogP contribution in [-0.2, 0) is 11.3 Å². The minimum absolute atomic E-state index is 0.0512. The summed E-state index contributed by atoms with van der Waals surface area (Å²) in [4.78, 5) is 29.3. The van der Waals surface area contributed by atoms with E-state index in [1.165, 1.54) is 35.6 Å². The van der Waals surface area contributed by atoms with E-state index in [4.69, 9.17) is 0 Å². The summed E-state index contributed by atoms with van der Waals surface area (Å²) in [6, 6.07) is 22.4. The van der Waals surface area contributed by atoms with Gasteiger partial charge in [0.05, 0.1) is 12.1 Å². The molecule has 1 aliphatic carbocycles. The van der Waals surface area contributed by atoms with Crippen LogP contribution < -0.4 is 5.43 Å². The lowest BCUT2D eigenvalue weighted by Crippen LogP contribution is -2.52. The van der Waals surface area contributed by atoms with E-state index in [0.29, 0.717) is 5.92 Å². The maximum atomic E-state index is 13.6. The Morgan fingerprint density at radius 3 is 2.51 bits per heavy atom. The molecule has 5 nitrogen and oxygen atoms in total. The summed E-state index contributed by atoms with van der Waals surface area (Å²) in [6.07, 6.45) is 7.67. The molecule has 0 aromatic heterocycles. The van der Waals surface area contributed by atoms with Crippen molar-refractivity contribution < 1.29 is 9.59 Å². The van der Waals surface area contributed by atoms with Gasteiger partial charge in [0.15, 0.2) is 0 Å². The van der Waals surface area contributed by atoms with Gasteiger partial charge in [0.1, 0.15) is 0 Å². The highest BCUT2D eigenvalue weighted by Gasteiger charge is 2.43. The second-order valence-electron chi connectivity index (χ2n) is 10.3. The highest BCUT2D eigenvalue weighted by atomic mass is 16.2. The first kappa shape index (κ1) is 22.3. The van der Waals surface area contributed by atoms with Crippen molar-refractivity contribution in [2.75, 3.05) is 6.54 Å². The molecule has 2 aliphatic heterocycles. The Bertz CT molecular complexity index is 1240. The fraction of sp³-hybridized carbons (Fsp3) is 0.400. The van der Waals surface area contributed by atoms with E-state index in [-0.39, 0.29) is 23.9 Å². The first-order chi connectivity index (χ1) is 17.2. The molecule has 1 saturated heterocycles. The second-order valence-corrected chi connectivity index (χ2v) is 10.3. The lowest BCUT2D eigenvalue weighted by atomic mass is 9.81. The average Bonchev–Trinajstić information content (AvgIpc) is 3.47. The van der Waals surface area contributed by atoms with Gasteiger partial charge in [-0.1, -0.05) is 79.9 Å². The number of carbonyl (C=O) groups excluding carboxylic acids is 2. The highest BCUT2D eigenvalue weighted by molar-refractivity contribution is 6.00. The zero-order valence-corrected chi connectivity index (χ0v) is 20.2. The van der Waals surface area contributed by atoms with Crippen LogP contribution in [-0.4, -0.2) is 34.3 Å². The van der Waals surface area contributed by atoms with Crippen molar-refractivity contribution in [3.05, 3.63) is 83.4 Å². The third kappa shape index (κ3) is 4.12. The van der Waals surface area contributed by atoms with Gasteiger partial charge >= 0.3 is 0 Å². The molecule has 0 unspecified atom stereocenters. The molecule has 3 aliphatic rings. The lowest BCUT2D eigenvalue weighted by molar-refractivity contribution is -0.130. The highest BCUT2D eigenvalue weighted by Crippen LogP contribution is 2.43. The minimum Gasteiger partial charge on any atom is -0.288 e. The topological polar surface area (TPSA) is 52.7 Å². The maximum absolute atomic E-state index is 13.6. The number of nitrogens with one attached hydrogen (secondary N) is 1. The van der Waals surface area contributed by atoms with Gasteiger partial charge < -0.3 is 0 Å². The van der Waals surface area contributed by atoms with Crippen LogP contribution in [0.4, 0.5) is 0 Å². The summed E-state index contributed by atoms with van der Waals surface area (Å²) in [7, 11) is 0. The van der Waals surface area contributed by atoms with Crippen molar-refractivity contribution in [1.82, 2.24) is 15.3 Å². The number of likely N-dealkylation sites (tertiary alicyclic amines) is 1. The molecule has 35 heavy (non-hydrogen) atoms. The summed E-state index contributed by atoms with van der Waals surface area (Å²) in [5.41, 5.74) is 6.18. The molecular weight excluding hydrogens is 434 g/mol. The number of rotatable bonds is 5. The van der Waals surface area contributed by atoms with Crippen molar-refractivity contribution in [2.24, 2.45) is 5.92 Å². The Balaban J connectivity index is 1.23. The molecule has 3 aromatic carbocycles. The zero-order valence-electron chi connectivity index (χ0n) is 20.2. The molecule has 2 fully saturated rings. The monoisotopic (exact) mass is 467 g/mol. The van der Waals surface area contributed by atoms with Gasteiger partial charge in [-0.05, 0) is 66.1 Å². The van der Waals surface area contributed by atoms with Gasteiger partial charge in [-0.3, -0.25) is 19.9 Å². The SMILES string of the molecule is O=C(NN1C(=O)c2ccccc2[C@@H]1C1CCCCC1)[C@@H]1CCCN1Cc1cccc2ccccc12. The van der Waals surface area contributed by atoms with Crippen molar-refractivity contribution in [1.29, 1.82) is 0 Å². The second kappa shape index (κ2) is 9.46. The number of fused-ring (bicyclic) bond motifs is 2. The van der Waals surface area contributed by atoms with E-state index < -0.39 is 0 Å². The van der Waals surface area contributed by atoms with Crippen molar-refractivity contribution in [3.8, 4) is 0 Å². The summed E-state index contributed by atoms with van der Waals surface area (Å²) in [5, 5.41) is 4.14. The summed E-state index contributed by atoms with van der Waals surface area (Å²) in [6.45, 7) is 1.63. The number of hydrogen-bond donors (Lipinski definition) is 1. The van der Waals surface area contributed by atoms with Crippen molar-refractivity contribution >= 4 is 22.6 Å². The summed E-state index contributed by atoms with van der Waals surface area (Å²) in [5.74, 6) is 0.278. The molecule has 3 aromatic rings. The molecule has 0 radical (unpaired) electrons. The Morgan fingerprint density at radius 2 is 1.63 bits per heavy atom. The number of hydrazine groups is 1. The molecule has 1 N–H and O–H groups in total. The fourth-order valence-corrected chi connectivity index (χ4v) is 6.53. The normalized spacial score (nSPS) is 23.1. The smallest absolute Gasteiger partial charge is 0.273 e. The van der Waals surface area contributed by atoms with Crippen molar-refractivity contribution in [2.45, 2.75) is 63.6 Å². The maximum Gasteiger partial charge on any atom is 0.273 e. The van der Waals surface area contributed by atoms with Gasteiger partial charge in [-0.15, -0.1) is 0 Å². The van der Waals surface area contributed by atoms with Crippen LogP contribution in [0.15, 0.2) is 66.7 Å². The van der Waals surface area contributed by atoms with Crippen LogP contribution in [0.5, 0.6) is 0 Å². The summed E-state index contributed by atoms with van der Waals surface area (Å²) < 4.78 is 0. The van der Waals surface area contributed by atoms with Crippen LogP contribution in [0.2, 0.25) is 0 Å². The molecule has 2 amide bonds. The first-order valence-corrected chi connectivity index (χ1v) is 13.1. The van der Waals surface area contributed by atoms with E-state index in [9.17, 15) is 9.59 Å². The van der Waals surface area contributed by atoms with E-state index in [1.54, 1.807) is 5.01 Å². The van der Waals surface area contributed by atoms with Crippen molar-refractivity contribution in [3.63, 3.8) is 0 Å². The number of carbonyl (C=O) groups is 2. The van der Waals surface area contributed by atoms with E-state index in [1.807, 2.05) is 18.2 Å². The van der Waals surface area contributed by atoms with E-state index >= 15 is 0 Å². The van der Waals surface area contributed by atoms with Gasteiger partial charge in [0.25, 0.3) is 11.8 Å². The first-order valence-electron chi connectivity index (χ1n) is 13.1. The third-order valence-corrected chi connectivity index (χ3v) is 8.25. The molecular formula is C30H33N3O2. The van der Waals surface area contributed by atoms with E-state index in [2.05, 4.69) is 58.9 Å². The molecule has 1 saturated carbocycles. The van der Waals surface area contributed by atoms with Crippen LogP contribution in [0.3, 0.4) is 0 Å². The molecule has 5 heteroatoms. The lowest BCUT2D eigenvalue weighted by Gasteiger charge is -2.35. The number of hydrogen-bond acceptors (Lipinski definition) is 3. The molecule has 180 valence electrons. The van der Waals surface area contributed by atoms with Crippen LogP contribution in [0, 0.1) is 5.92 Å². The summed E-state index contributed by atoms with van der Waals surface area (Å²) >= 11 is 0. The van der Waals surface area contributed by atoms with Gasteiger partial charge in [-0.25, -0.2) is 5.01 Å². The zero-order chi connectivity index (χ0) is 23.8. The van der Waals surface area contributed by atoms with Gasteiger partial charge in [0.2, 0.25) is 0 Å². The van der Waals surface area contributed by atoms with Crippen LogP contribution in [0.1, 0.15) is 72.5 Å². The number of benzene rings is 3. The Hall–Kier alpha value is -3.18. The molecule has 6 rings (SSSR count). The molecule has 2 atom stereocenters. The Labute approximate surface area is 207 Å². The Morgan fingerprint density at radius 1 is 0.857 bits per heavy atom. The molecule has 0 bridgehead atoms. The molecule has 2 heterocycles. The standard InChI is InChI=1S/C30H33N3O2/c34-29(27-18-9-19-32(27)20-23-14-8-13-21-10-4-5-15-24(21)23)31-33-28(22-11-2-1-3-12-22)25-16-6-7-17-26(25)30(33)35/h4-8,10,13-17,22,27-28H,1-3,9,11-12,18-20H2,(H,31,34)/t27-,28-/m0/s1. The molecule has 0 spiro atoms. The van der Waals surface area contributed by atoms with Crippen LogP contribution in [0.25, 0.3) is 10.8 Å². The predicted octanol–water partition coefficient (Wildman–Crippen LogP) is 5.61. The fourth-order valence-electron chi connectivity index (χ4n) is 6.53. The van der Waals surface area contributed by atoms with Crippen LogP contribution >= 0.6 is 0 Å². The third-order valence-electron chi connectivity index (χ3n) is 8.25. The Kier molecular flexibility index (Phi) is 6.03. The number of amides is 2. The van der Waals surface area contributed by atoms with Gasteiger partial charge in [0, 0.05) is 12.1 Å². The number of nitrogens with zero attached hydrogens (tertiary/aromatic N) is 2. The van der Waals surface area contributed by atoms with E-state index in [0.717, 1.165) is 49.9 Å². The quantitative estimate of drug-likeness (QED) is 0.530. The largest absolute Gasteiger partial charge is 0.288 e. The average molecular weight is 468 g/mol.